The van der Waals surface area contributed by atoms with Crippen LogP contribution in [0.25, 0.3) is 0 Å². The normalized spacial score (nSPS) is 13.8. The summed E-state index contributed by atoms with van der Waals surface area (Å²) in [4.78, 5) is 0. The van der Waals surface area contributed by atoms with Gasteiger partial charge in [0.1, 0.15) is 19.7 Å². The summed E-state index contributed by atoms with van der Waals surface area (Å²) in [6, 6.07) is 0. The van der Waals surface area contributed by atoms with E-state index in [-0.39, 0.29) is 32.4 Å². The Morgan fingerprint density at radius 3 is 1.46 bits per heavy atom. The summed E-state index contributed by atoms with van der Waals surface area (Å²) in [5, 5.41) is 9.51. The lowest BCUT2D eigenvalue weighted by atomic mass is 10.0. The van der Waals surface area contributed by atoms with Crippen LogP contribution in [-0.2, 0) is 18.9 Å². The minimum Gasteiger partial charge on any atom is -0.394 e. The van der Waals surface area contributed by atoms with E-state index >= 15 is 0 Å². The van der Waals surface area contributed by atoms with Gasteiger partial charge in [0.2, 0.25) is 0 Å². The summed E-state index contributed by atoms with van der Waals surface area (Å²) < 4.78 is 21.1. The van der Waals surface area contributed by atoms with E-state index in [1.165, 1.54) is 70.6 Å². The van der Waals surface area contributed by atoms with Gasteiger partial charge in [0.05, 0.1) is 12.7 Å². The van der Waals surface area contributed by atoms with Crippen molar-refractivity contribution >= 4 is 0 Å². The standard InChI is InChI=1S/C21H44O5/c1-4-5-6-7-8-9-10-11-12-13-14-15-16-20(25-18-23-2)21(17-22)26-19-24-3/h20-22H,4-19H2,1-3H3/t20-,21-/m0/s1. The molecule has 0 fully saturated rings. The minimum atomic E-state index is -0.363. The average molecular weight is 377 g/mol. The summed E-state index contributed by atoms with van der Waals surface area (Å²) in [6.45, 7) is 2.57. The molecule has 0 unspecified atom stereocenters. The van der Waals surface area contributed by atoms with Crippen molar-refractivity contribution in [2.75, 3.05) is 34.4 Å². The Kier molecular flexibility index (Phi) is 20.9. The fourth-order valence-electron chi connectivity index (χ4n) is 3.15. The molecule has 0 bridgehead atoms. The van der Waals surface area contributed by atoms with E-state index in [0.29, 0.717) is 0 Å². The number of unbranched alkanes of at least 4 members (excludes halogenated alkanes) is 11. The molecule has 0 saturated heterocycles. The van der Waals surface area contributed by atoms with Gasteiger partial charge < -0.3 is 24.1 Å². The zero-order chi connectivity index (χ0) is 19.3. The maximum Gasteiger partial charge on any atom is 0.146 e. The first kappa shape index (κ1) is 25.8. The van der Waals surface area contributed by atoms with E-state index < -0.39 is 0 Å². The summed E-state index contributed by atoms with van der Waals surface area (Å²) in [5.74, 6) is 0. The van der Waals surface area contributed by atoms with Crippen LogP contribution in [0.5, 0.6) is 0 Å². The molecule has 0 rings (SSSR count). The lowest BCUT2D eigenvalue weighted by Crippen LogP contribution is -2.36. The molecule has 0 amide bonds. The van der Waals surface area contributed by atoms with Gasteiger partial charge in [-0.25, -0.2) is 0 Å². The first-order chi connectivity index (χ1) is 12.8. The molecule has 0 radical (unpaired) electrons. The molecule has 5 heteroatoms. The Morgan fingerprint density at radius 1 is 0.615 bits per heavy atom. The second kappa shape index (κ2) is 21.1. The average Bonchev–Trinajstić information content (AvgIpc) is 2.66. The van der Waals surface area contributed by atoms with Crippen molar-refractivity contribution in [3.63, 3.8) is 0 Å². The summed E-state index contributed by atoms with van der Waals surface area (Å²) in [5.41, 5.74) is 0. The molecule has 0 saturated carbocycles. The SMILES string of the molecule is CCCCCCCCCCCCCC[C@H](OCOC)[C@H](CO)OCOC. The van der Waals surface area contributed by atoms with Crippen LogP contribution < -0.4 is 0 Å². The molecule has 0 aliphatic rings. The summed E-state index contributed by atoms with van der Waals surface area (Å²) in [7, 11) is 3.18. The van der Waals surface area contributed by atoms with E-state index in [4.69, 9.17) is 18.9 Å². The lowest BCUT2D eigenvalue weighted by molar-refractivity contribution is -0.169. The van der Waals surface area contributed by atoms with Crippen molar-refractivity contribution in [3.8, 4) is 0 Å². The van der Waals surface area contributed by atoms with Gasteiger partial charge in [0.25, 0.3) is 0 Å². The van der Waals surface area contributed by atoms with E-state index in [2.05, 4.69) is 6.92 Å². The van der Waals surface area contributed by atoms with Crippen molar-refractivity contribution in [1.29, 1.82) is 0 Å². The Morgan fingerprint density at radius 2 is 1.04 bits per heavy atom. The highest BCUT2D eigenvalue weighted by atomic mass is 16.7. The van der Waals surface area contributed by atoms with Gasteiger partial charge in [-0.1, -0.05) is 84.0 Å². The van der Waals surface area contributed by atoms with Crippen molar-refractivity contribution in [1.82, 2.24) is 0 Å². The van der Waals surface area contributed by atoms with Crippen molar-refractivity contribution < 1.29 is 24.1 Å². The topological polar surface area (TPSA) is 57.2 Å². The number of ether oxygens (including phenoxy) is 4. The zero-order valence-electron chi connectivity index (χ0n) is 17.5. The van der Waals surface area contributed by atoms with Gasteiger partial charge in [-0.05, 0) is 6.42 Å². The van der Waals surface area contributed by atoms with Crippen LogP contribution in [0.15, 0.2) is 0 Å². The molecule has 0 spiro atoms. The van der Waals surface area contributed by atoms with Crippen LogP contribution in [0.3, 0.4) is 0 Å². The quantitative estimate of drug-likeness (QED) is 0.224. The maximum absolute atomic E-state index is 9.51. The Bertz CT molecular complexity index is 263. The smallest absolute Gasteiger partial charge is 0.146 e. The molecule has 0 aromatic rings. The predicted molar refractivity (Wildman–Crippen MR) is 106 cm³/mol. The molecule has 26 heavy (non-hydrogen) atoms. The first-order valence-corrected chi connectivity index (χ1v) is 10.6. The molecule has 0 heterocycles. The predicted octanol–water partition coefficient (Wildman–Crippen LogP) is 5.05. The fourth-order valence-corrected chi connectivity index (χ4v) is 3.15. The molecule has 2 atom stereocenters. The first-order valence-electron chi connectivity index (χ1n) is 10.6. The molecular formula is C21H44O5. The van der Waals surface area contributed by atoms with Gasteiger partial charge in [0, 0.05) is 14.2 Å². The van der Waals surface area contributed by atoms with E-state index in [1.54, 1.807) is 14.2 Å². The zero-order valence-corrected chi connectivity index (χ0v) is 17.5. The number of hydrogen-bond acceptors (Lipinski definition) is 5. The number of aliphatic hydroxyl groups excluding tert-OH is 1. The molecule has 0 aromatic carbocycles. The van der Waals surface area contributed by atoms with Crippen LogP contribution >= 0.6 is 0 Å². The second-order valence-electron chi connectivity index (χ2n) is 7.08. The highest BCUT2D eigenvalue weighted by Crippen LogP contribution is 2.16. The van der Waals surface area contributed by atoms with Crippen LogP contribution in [0, 0.1) is 0 Å². The third kappa shape index (κ3) is 16.0. The maximum atomic E-state index is 9.51. The van der Waals surface area contributed by atoms with Crippen molar-refractivity contribution in [2.24, 2.45) is 0 Å². The van der Waals surface area contributed by atoms with Gasteiger partial charge >= 0.3 is 0 Å². The third-order valence-electron chi connectivity index (χ3n) is 4.74. The largest absolute Gasteiger partial charge is 0.394 e. The number of rotatable bonds is 21. The van der Waals surface area contributed by atoms with Crippen LogP contribution in [0.2, 0.25) is 0 Å². The van der Waals surface area contributed by atoms with Crippen LogP contribution in [-0.4, -0.2) is 51.7 Å². The van der Waals surface area contributed by atoms with Gasteiger partial charge in [-0.15, -0.1) is 0 Å². The Labute approximate surface area is 161 Å². The van der Waals surface area contributed by atoms with Crippen molar-refractivity contribution in [3.05, 3.63) is 0 Å². The number of aliphatic hydroxyl groups is 1. The highest BCUT2D eigenvalue weighted by Gasteiger charge is 2.22. The molecule has 0 aromatic heterocycles. The fraction of sp³-hybridized carbons (Fsp3) is 1.00. The van der Waals surface area contributed by atoms with Gasteiger partial charge in [0.15, 0.2) is 0 Å². The number of methoxy groups -OCH3 is 2. The van der Waals surface area contributed by atoms with Crippen LogP contribution in [0.1, 0.15) is 90.4 Å². The highest BCUT2D eigenvalue weighted by molar-refractivity contribution is 4.70. The minimum absolute atomic E-state index is 0.0734. The Balaban J connectivity index is 3.68. The molecule has 1 N–H and O–H groups in total. The number of hydrogen-bond donors (Lipinski definition) is 1. The van der Waals surface area contributed by atoms with E-state index in [9.17, 15) is 5.11 Å². The molecule has 158 valence electrons. The van der Waals surface area contributed by atoms with Crippen LogP contribution in [0.4, 0.5) is 0 Å². The van der Waals surface area contributed by atoms with Gasteiger partial charge in [-0.2, -0.15) is 0 Å². The summed E-state index contributed by atoms with van der Waals surface area (Å²) in [6.07, 6.45) is 16.3. The molecular weight excluding hydrogens is 332 g/mol. The molecule has 5 nitrogen and oxygen atoms in total. The van der Waals surface area contributed by atoms with Crippen molar-refractivity contribution in [2.45, 2.75) is 103 Å². The lowest BCUT2D eigenvalue weighted by Gasteiger charge is -2.25. The molecule has 0 aliphatic carbocycles. The third-order valence-corrected chi connectivity index (χ3v) is 4.74. The molecule has 0 aliphatic heterocycles. The van der Waals surface area contributed by atoms with E-state index in [1.807, 2.05) is 0 Å². The Hall–Kier alpha value is -0.200. The summed E-state index contributed by atoms with van der Waals surface area (Å²) >= 11 is 0. The second-order valence-corrected chi connectivity index (χ2v) is 7.08. The van der Waals surface area contributed by atoms with Gasteiger partial charge in [-0.3, -0.25) is 0 Å². The monoisotopic (exact) mass is 376 g/mol. The van der Waals surface area contributed by atoms with E-state index in [0.717, 1.165) is 12.8 Å².